The summed E-state index contributed by atoms with van der Waals surface area (Å²) in [5, 5.41) is 3.55. The first-order valence-corrected chi connectivity index (χ1v) is 7.15. The van der Waals surface area contributed by atoms with Crippen LogP contribution in [0.2, 0.25) is 0 Å². The summed E-state index contributed by atoms with van der Waals surface area (Å²) in [4.78, 5) is 0. The quantitative estimate of drug-likeness (QED) is 0.830. The second-order valence-corrected chi connectivity index (χ2v) is 5.79. The zero-order valence-electron chi connectivity index (χ0n) is 10.3. The molecule has 3 heteroatoms. The molecule has 0 aromatic heterocycles. The van der Waals surface area contributed by atoms with Gasteiger partial charge in [-0.25, -0.2) is 0 Å². The molecule has 1 aliphatic carbocycles. The Morgan fingerprint density at radius 2 is 2.06 bits per heavy atom. The molecule has 0 aliphatic heterocycles. The van der Waals surface area contributed by atoms with Gasteiger partial charge in [-0.3, -0.25) is 0 Å². The molecule has 0 bridgehead atoms. The van der Waals surface area contributed by atoms with Crippen LogP contribution >= 0.6 is 15.9 Å². The number of halogens is 1. The molecule has 0 spiro atoms. The van der Waals surface area contributed by atoms with Crippen LogP contribution in [0.5, 0.6) is 5.75 Å². The first-order chi connectivity index (χ1) is 8.24. The van der Waals surface area contributed by atoms with E-state index in [9.17, 15) is 0 Å². The monoisotopic (exact) mass is 297 g/mol. The number of hydrogen-bond acceptors (Lipinski definition) is 2. The van der Waals surface area contributed by atoms with Crippen molar-refractivity contribution in [3.05, 3.63) is 28.7 Å². The Morgan fingerprint density at radius 3 is 2.71 bits per heavy atom. The van der Waals surface area contributed by atoms with Crippen LogP contribution in [0.3, 0.4) is 0 Å². The van der Waals surface area contributed by atoms with Crippen LogP contribution in [0, 0.1) is 5.92 Å². The maximum atomic E-state index is 5.71. The summed E-state index contributed by atoms with van der Waals surface area (Å²) in [6.45, 7) is 4.20. The van der Waals surface area contributed by atoms with Gasteiger partial charge in [0, 0.05) is 10.5 Å². The Balaban J connectivity index is 1.59. The predicted octanol–water partition coefficient (Wildman–Crippen LogP) is 3.61. The topological polar surface area (TPSA) is 21.3 Å². The number of nitrogens with one attached hydrogen (secondary N) is 1. The molecule has 0 heterocycles. The first kappa shape index (κ1) is 12.9. The van der Waals surface area contributed by atoms with Crippen LogP contribution < -0.4 is 10.1 Å². The maximum absolute atomic E-state index is 5.71. The average Bonchev–Trinajstić information content (AvgIpc) is 3.13. The van der Waals surface area contributed by atoms with E-state index in [2.05, 4.69) is 28.2 Å². The summed E-state index contributed by atoms with van der Waals surface area (Å²) in [6.07, 6.45) is 3.83. The molecule has 1 aromatic carbocycles. The van der Waals surface area contributed by atoms with Crippen LogP contribution in [-0.4, -0.2) is 19.2 Å². The van der Waals surface area contributed by atoms with Crippen LogP contribution in [-0.2, 0) is 0 Å². The number of hydrogen-bond donors (Lipinski definition) is 1. The summed E-state index contributed by atoms with van der Waals surface area (Å²) >= 11 is 3.41. The van der Waals surface area contributed by atoms with Crippen molar-refractivity contribution in [2.75, 3.05) is 13.2 Å². The lowest BCUT2D eigenvalue weighted by Crippen LogP contribution is -2.24. The SMILES string of the molecule is CC(CCOc1ccc(Br)cc1)CNC1CC1. The minimum absolute atomic E-state index is 0.686. The minimum atomic E-state index is 0.686. The van der Waals surface area contributed by atoms with Gasteiger partial charge in [0.25, 0.3) is 0 Å². The highest BCUT2D eigenvalue weighted by molar-refractivity contribution is 9.10. The molecule has 94 valence electrons. The third kappa shape index (κ3) is 5.09. The Labute approximate surface area is 112 Å². The molecule has 0 saturated heterocycles. The summed E-state index contributed by atoms with van der Waals surface area (Å²) in [7, 11) is 0. The Kier molecular flexibility index (Phi) is 4.86. The van der Waals surface area contributed by atoms with Crippen molar-refractivity contribution in [1.29, 1.82) is 0 Å². The second kappa shape index (κ2) is 6.41. The van der Waals surface area contributed by atoms with Gasteiger partial charge in [-0.05, 0) is 56.0 Å². The van der Waals surface area contributed by atoms with Crippen LogP contribution in [0.15, 0.2) is 28.7 Å². The van der Waals surface area contributed by atoms with Crippen molar-refractivity contribution in [3.63, 3.8) is 0 Å². The molecule has 0 amide bonds. The molecule has 1 fully saturated rings. The molecular formula is C14H20BrNO. The van der Waals surface area contributed by atoms with Crippen LogP contribution in [0.25, 0.3) is 0 Å². The molecule has 1 saturated carbocycles. The molecule has 1 N–H and O–H groups in total. The van der Waals surface area contributed by atoms with Crippen molar-refractivity contribution < 1.29 is 4.74 Å². The molecule has 1 aliphatic rings. The molecule has 2 nitrogen and oxygen atoms in total. The van der Waals surface area contributed by atoms with E-state index in [0.29, 0.717) is 5.92 Å². The van der Waals surface area contributed by atoms with Crippen molar-refractivity contribution >= 4 is 15.9 Å². The minimum Gasteiger partial charge on any atom is -0.494 e. The Morgan fingerprint density at radius 1 is 1.35 bits per heavy atom. The molecule has 1 atom stereocenters. The lowest BCUT2D eigenvalue weighted by molar-refractivity contribution is 0.280. The van der Waals surface area contributed by atoms with Gasteiger partial charge in [0.1, 0.15) is 5.75 Å². The van der Waals surface area contributed by atoms with E-state index >= 15 is 0 Å². The lowest BCUT2D eigenvalue weighted by atomic mass is 10.1. The number of ether oxygens (including phenoxy) is 1. The fourth-order valence-corrected chi connectivity index (χ4v) is 1.93. The summed E-state index contributed by atoms with van der Waals surface area (Å²) < 4.78 is 6.80. The standard InChI is InChI=1S/C14H20BrNO/c1-11(10-16-13-4-5-13)8-9-17-14-6-2-12(15)3-7-14/h2-3,6-7,11,13,16H,4-5,8-10H2,1H3. The van der Waals surface area contributed by atoms with E-state index < -0.39 is 0 Å². The second-order valence-electron chi connectivity index (χ2n) is 4.88. The number of benzene rings is 1. The van der Waals surface area contributed by atoms with Gasteiger partial charge in [-0.1, -0.05) is 22.9 Å². The van der Waals surface area contributed by atoms with Gasteiger partial charge in [0.2, 0.25) is 0 Å². The van der Waals surface area contributed by atoms with Crippen LogP contribution in [0.4, 0.5) is 0 Å². The maximum Gasteiger partial charge on any atom is 0.119 e. The normalized spacial score (nSPS) is 16.8. The molecule has 0 radical (unpaired) electrons. The van der Waals surface area contributed by atoms with Gasteiger partial charge in [-0.2, -0.15) is 0 Å². The molecule has 1 aromatic rings. The van der Waals surface area contributed by atoms with E-state index in [1.54, 1.807) is 0 Å². The summed E-state index contributed by atoms with van der Waals surface area (Å²) in [5.41, 5.74) is 0. The van der Waals surface area contributed by atoms with Gasteiger partial charge >= 0.3 is 0 Å². The van der Waals surface area contributed by atoms with E-state index in [0.717, 1.165) is 35.8 Å². The summed E-state index contributed by atoms with van der Waals surface area (Å²) in [5.74, 6) is 1.64. The van der Waals surface area contributed by atoms with Gasteiger partial charge in [0.05, 0.1) is 6.61 Å². The van der Waals surface area contributed by atoms with Crippen molar-refractivity contribution in [2.45, 2.75) is 32.2 Å². The smallest absolute Gasteiger partial charge is 0.119 e. The zero-order valence-corrected chi connectivity index (χ0v) is 11.9. The fourth-order valence-electron chi connectivity index (χ4n) is 1.67. The Bertz CT molecular complexity index is 335. The largest absolute Gasteiger partial charge is 0.494 e. The fraction of sp³-hybridized carbons (Fsp3) is 0.571. The van der Waals surface area contributed by atoms with Crippen molar-refractivity contribution in [2.24, 2.45) is 5.92 Å². The molecule has 2 rings (SSSR count). The van der Waals surface area contributed by atoms with E-state index in [-0.39, 0.29) is 0 Å². The Hall–Kier alpha value is -0.540. The van der Waals surface area contributed by atoms with Crippen LogP contribution in [0.1, 0.15) is 26.2 Å². The third-order valence-corrected chi connectivity index (χ3v) is 3.55. The van der Waals surface area contributed by atoms with Gasteiger partial charge < -0.3 is 10.1 Å². The highest BCUT2D eigenvalue weighted by Gasteiger charge is 2.20. The first-order valence-electron chi connectivity index (χ1n) is 6.36. The number of rotatable bonds is 7. The van der Waals surface area contributed by atoms with Gasteiger partial charge in [-0.15, -0.1) is 0 Å². The molecule has 17 heavy (non-hydrogen) atoms. The third-order valence-electron chi connectivity index (χ3n) is 3.03. The average molecular weight is 298 g/mol. The summed E-state index contributed by atoms with van der Waals surface area (Å²) in [6, 6.07) is 8.82. The highest BCUT2D eigenvalue weighted by Crippen LogP contribution is 2.19. The highest BCUT2D eigenvalue weighted by atomic mass is 79.9. The van der Waals surface area contributed by atoms with E-state index in [4.69, 9.17) is 4.74 Å². The molecule has 1 unspecified atom stereocenters. The van der Waals surface area contributed by atoms with Gasteiger partial charge in [0.15, 0.2) is 0 Å². The van der Waals surface area contributed by atoms with Crippen molar-refractivity contribution in [3.8, 4) is 5.75 Å². The zero-order chi connectivity index (χ0) is 12.1. The predicted molar refractivity (Wildman–Crippen MR) is 74.4 cm³/mol. The van der Waals surface area contributed by atoms with E-state index in [1.165, 1.54) is 12.8 Å². The van der Waals surface area contributed by atoms with Crippen molar-refractivity contribution in [1.82, 2.24) is 5.32 Å². The lowest BCUT2D eigenvalue weighted by Gasteiger charge is -2.13. The molecular weight excluding hydrogens is 278 g/mol. The van der Waals surface area contributed by atoms with E-state index in [1.807, 2.05) is 24.3 Å².